The summed E-state index contributed by atoms with van der Waals surface area (Å²) >= 11 is 0. The molecule has 1 aliphatic heterocycles. The third-order valence-electron chi connectivity index (χ3n) is 5.03. The van der Waals surface area contributed by atoms with Gasteiger partial charge in [0, 0.05) is 38.3 Å². The largest absolute Gasteiger partial charge is 0.340 e. The molecule has 1 aliphatic rings. The van der Waals surface area contributed by atoms with Gasteiger partial charge in [0.1, 0.15) is 5.82 Å². The molecular formula is C20H33Cl2FN4O2. The van der Waals surface area contributed by atoms with E-state index < -0.39 is 0 Å². The number of nitrogens with one attached hydrogen (secondary N) is 1. The Morgan fingerprint density at radius 1 is 1.10 bits per heavy atom. The number of carbonyl (C=O) groups is 2. The van der Waals surface area contributed by atoms with Gasteiger partial charge in [-0.15, -0.1) is 24.8 Å². The minimum atomic E-state index is -0.379. The molecule has 2 rings (SSSR count). The van der Waals surface area contributed by atoms with Crippen molar-refractivity contribution in [2.75, 3.05) is 38.0 Å². The number of hydrogen-bond acceptors (Lipinski definition) is 4. The van der Waals surface area contributed by atoms with Gasteiger partial charge in [0.05, 0.1) is 6.04 Å². The fourth-order valence-corrected chi connectivity index (χ4v) is 3.27. The molecule has 6 nitrogen and oxygen atoms in total. The lowest BCUT2D eigenvalue weighted by Gasteiger charge is -2.37. The van der Waals surface area contributed by atoms with Gasteiger partial charge in [-0.3, -0.25) is 14.5 Å². The summed E-state index contributed by atoms with van der Waals surface area (Å²) in [5.41, 5.74) is 5.92. The molecule has 3 N–H and O–H groups in total. The molecule has 2 amide bonds. The van der Waals surface area contributed by atoms with Crippen LogP contribution in [0.2, 0.25) is 0 Å². The normalized spacial score (nSPS) is 15.1. The van der Waals surface area contributed by atoms with Crippen LogP contribution < -0.4 is 11.1 Å². The number of benzene rings is 1. The lowest BCUT2D eigenvalue weighted by molar-refractivity contribution is -0.133. The standard InChI is InChI=1S/C20H31FN4O2.2ClH/c1-16(20(27)23-18-8-6-7-17(21)15-18)24-11-13-25(14-12-24)19(26)9-4-2-3-5-10-22;;/h6-8,15-16H,2-5,9-14,22H2,1H3,(H,23,27);2*1H. The molecule has 1 fully saturated rings. The van der Waals surface area contributed by atoms with Gasteiger partial charge in [0.25, 0.3) is 0 Å². The van der Waals surface area contributed by atoms with E-state index in [4.69, 9.17) is 5.73 Å². The average molecular weight is 451 g/mol. The van der Waals surface area contributed by atoms with Crippen molar-refractivity contribution in [1.29, 1.82) is 0 Å². The number of piperazine rings is 1. The maximum absolute atomic E-state index is 13.2. The lowest BCUT2D eigenvalue weighted by Crippen LogP contribution is -2.54. The quantitative estimate of drug-likeness (QED) is 0.566. The van der Waals surface area contributed by atoms with Gasteiger partial charge in [-0.25, -0.2) is 4.39 Å². The number of rotatable bonds is 9. The van der Waals surface area contributed by atoms with Crippen molar-refractivity contribution >= 4 is 42.3 Å². The molecule has 9 heteroatoms. The number of amides is 2. The number of nitrogens with two attached hydrogens (primary N) is 1. The van der Waals surface area contributed by atoms with Gasteiger partial charge >= 0.3 is 0 Å². The van der Waals surface area contributed by atoms with Crippen molar-refractivity contribution in [3.05, 3.63) is 30.1 Å². The fraction of sp³-hybridized carbons (Fsp3) is 0.600. The second kappa shape index (κ2) is 14.6. The summed E-state index contributed by atoms with van der Waals surface area (Å²) in [4.78, 5) is 28.6. The number of halogens is 3. The average Bonchev–Trinajstić information content (AvgIpc) is 2.67. The summed E-state index contributed by atoms with van der Waals surface area (Å²) in [5.74, 6) is -0.352. The van der Waals surface area contributed by atoms with E-state index in [9.17, 15) is 14.0 Å². The van der Waals surface area contributed by atoms with Gasteiger partial charge in [0.15, 0.2) is 0 Å². The molecule has 166 valence electrons. The van der Waals surface area contributed by atoms with Crippen LogP contribution in [0.5, 0.6) is 0 Å². The first-order valence-corrected chi connectivity index (χ1v) is 9.79. The van der Waals surface area contributed by atoms with Crippen molar-refractivity contribution in [1.82, 2.24) is 9.80 Å². The molecule has 0 spiro atoms. The first-order chi connectivity index (χ1) is 13.0. The Bertz CT molecular complexity index is 628. The molecule has 1 aromatic carbocycles. The highest BCUT2D eigenvalue weighted by molar-refractivity contribution is 5.94. The van der Waals surface area contributed by atoms with E-state index >= 15 is 0 Å². The van der Waals surface area contributed by atoms with Gasteiger partial charge < -0.3 is 16.0 Å². The van der Waals surface area contributed by atoms with Crippen LogP contribution in [0.25, 0.3) is 0 Å². The maximum atomic E-state index is 13.2. The molecule has 0 bridgehead atoms. The van der Waals surface area contributed by atoms with E-state index in [0.29, 0.717) is 44.8 Å². The molecule has 0 aliphatic carbocycles. The summed E-state index contributed by atoms with van der Waals surface area (Å²) in [5, 5.41) is 2.75. The van der Waals surface area contributed by atoms with E-state index in [1.807, 2.05) is 11.8 Å². The third-order valence-corrected chi connectivity index (χ3v) is 5.03. The highest BCUT2D eigenvalue weighted by atomic mass is 35.5. The zero-order valence-electron chi connectivity index (χ0n) is 16.9. The second-order valence-corrected chi connectivity index (χ2v) is 7.05. The Kier molecular flexibility index (Phi) is 13.8. The zero-order valence-corrected chi connectivity index (χ0v) is 18.6. The number of nitrogens with zero attached hydrogens (tertiary/aromatic N) is 2. The van der Waals surface area contributed by atoms with Crippen LogP contribution in [0.1, 0.15) is 39.0 Å². The Labute approximate surface area is 185 Å². The number of unbranched alkanes of at least 4 members (excludes halogenated alkanes) is 3. The third kappa shape index (κ3) is 9.30. The summed E-state index contributed by atoms with van der Waals surface area (Å²) < 4.78 is 13.2. The van der Waals surface area contributed by atoms with E-state index in [2.05, 4.69) is 10.2 Å². The predicted octanol–water partition coefficient (Wildman–Crippen LogP) is 3.05. The number of hydrogen-bond donors (Lipinski definition) is 2. The van der Waals surface area contributed by atoms with Crippen LogP contribution in [0.4, 0.5) is 10.1 Å². The highest BCUT2D eigenvalue weighted by Crippen LogP contribution is 2.13. The molecule has 0 saturated carbocycles. The zero-order chi connectivity index (χ0) is 19.6. The second-order valence-electron chi connectivity index (χ2n) is 7.05. The Morgan fingerprint density at radius 2 is 1.76 bits per heavy atom. The first kappa shape index (κ1) is 27.6. The van der Waals surface area contributed by atoms with Gasteiger partial charge in [-0.05, 0) is 44.5 Å². The van der Waals surface area contributed by atoms with Crippen LogP contribution in [0.3, 0.4) is 0 Å². The molecule has 0 aromatic heterocycles. The minimum Gasteiger partial charge on any atom is -0.340 e. The topological polar surface area (TPSA) is 78.7 Å². The van der Waals surface area contributed by atoms with Gasteiger partial charge in [-0.2, -0.15) is 0 Å². The summed E-state index contributed by atoms with van der Waals surface area (Å²) in [6, 6.07) is 5.54. The SMILES string of the molecule is CC(C(=O)Nc1cccc(F)c1)N1CCN(C(=O)CCCCCCN)CC1.Cl.Cl. The minimum absolute atomic E-state index is 0. The van der Waals surface area contributed by atoms with Crippen molar-refractivity contribution in [2.45, 2.75) is 45.1 Å². The van der Waals surface area contributed by atoms with Crippen LogP contribution in [0, 0.1) is 5.82 Å². The molecule has 1 heterocycles. The summed E-state index contributed by atoms with van der Waals surface area (Å²) in [6.45, 7) is 5.15. The maximum Gasteiger partial charge on any atom is 0.241 e. The highest BCUT2D eigenvalue weighted by Gasteiger charge is 2.27. The number of anilines is 1. The fourth-order valence-electron chi connectivity index (χ4n) is 3.27. The van der Waals surface area contributed by atoms with Gasteiger partial charge in [-0.1, -0.05) is 18.9 Å². The number of carbonyl (C=O) groups excluding carboxylic acids is 2. The Balaban J connectivity index is 0.00000392. The summed E-state index contributed by atoms with van der Waals surface area (Å²) in [7, 11) is 0. The molecule has 0 radical (unpaired) electrons. The molecule has 1 unspecified atom stereocenters. The monoisotopic (exact) mass is 450 g/mol. The van der Waals surface area contributed by atoms with Crippen LogP contribution >= 0.6 is 24.8 Å². The van der Waals surface area contributed by atoms with Crippen molar-refractivity contribution in [3.8, 4) is 0 Å². The van der Waals surface area contributed by atoms with E-state index in [1.54, 1.807) is 12.1 Å². The van der Waals surface area contributed by atoms with Crippen LogP contribution in [-0.4, -0.2) is 60.4 Å². The molecule has 1 atom stereocenters. The molecule has 1 aromatic rings. The van der Waals surface area contributed by atoms with Crippen molar-refractivity contribution in [3.63, 3.8) is 0 Å². The smallest absolute Gasteiger partial charge is 0.241 e. The lowest BCUT2D eigenvalue weighted by atomic mass is 10.1. The summed E-state index contributed by atoms with van der Waals surface area (Å²) in [6.07, 6.45) is 4.63. The predicted molar refractivity (Wildman–Crippen MR) is 119 cm³/mol. The van der Waals surface area contributed by atoms with E-state index in [1.165, 1.54) is 12.1 Å². The Morgan fingerprint density at radius 3 is 2.38 bits per heavy atom. The molecule has 29 heavy (non-hydrogen) atoms. The van der Waals surface area contributed by atoms with Crippen LogP contribution in [-0.2, 0) is 9.59 Å². The van der Waals surface area contributed by atoms with Crippen molar-refractivity contribution < 1.29 is 14.0 Å². The van der Waals surface area contributed by atoms with Gasteiger partial charge in [0.2, 0.25) is 11.8 Å². The van der Waals surface area contributed by atoms with E-state index in [0.717, 1.165) is 25.7 Å². The Hall–Kier alpha value is -1.41. The first-order valence-electron chi connectivity index (χ1n) is 9.79. The van der Waals surface area contributed by atoms with E-state index in [-0.39, 0.29) is 48.5 Å². The molecule has 1 saturated heterocycles. The molecular weight excluding hydrogens is 418 g/mol. The van der Waals surface area contributed by atoms with Crippen LogP contribution in [0.15, 0.2) is 24.3 Å². The van der Waals surface area contributed by atoms with Crippen molar-refractivity contribution in [2.24, 2.45) is 5.73 Å².